The van der Waals surface area contributed by atoms with E-state index in [2.05, 4.69) is 102 Å². The summed E-state index contributed by atoms with van der Waals surface area (Å²) in [7, 11) is 4.23. The van der Waals surface area contributed by atoms with Crippen molar-refractivity contribution < 1.29 is 0 Å². The number of hydrogen-bond donors (Lipinski definition) is 1. The Hall–Kier alpha value is -2.70. The number of rotatable bonds is 8. The first kappa shape index (κ1) is 23.5. The van der Waals surface area contributed by atoms with Gasteiger partial charge in [-0.1, -0.05) is 25.1 Å². The molecule has 1 fully saturated rings. The van der Waals surface area contributed by atoms with Crippen molar-refractivity contribution in [1.29, 1.82) is 0 Å². The zero-order chi connectivity index (χ0) is 23.5. The lowest BCUT2D eigenvalue weighted by Crippen LogP contribution is -2.32. The summed E-state index contributed by atoms with van der Waals surface area (Å²) in [6.07, 6.45) is 3.97. The average Bonchev–Trinajstić information content (AvgIpc) is 3.29. The summed E-state index contributed by atoms with van der Waals surface area (Å²) in [6, 6.07) is 17.5. The Labute approximate surface area is 203 Å². The highest BCUT2D eigenvalue weighted by Gasteiger charge is 2.41. The third kappa shape index (κ3) is 4.82. The fourth-order valence-electron chi connectivity index (χ4n) is 4.91. The van der Waals surface area contributed by atoms with Gasteiger partial charge in [-0.05, 0) is 101 Å². The van der Waals surface area contributed by atoms with Crippen molar-refractivity contribution in [3.8, 4) is 5.69 Å². The van der Waals surface area contributed by atoms with Gasteiger partial charge >= 0.3 is 0 Å². The van der Waals surface area contributed by atoms with Gasteiger partial charge in [-0.25, -0.2) is 0 Å². The second-order valence-corrected chi connectivity index (χ2v) is 9.55. The lowest BCUT2D eigenvalue weighted by Gasteiger charge is -2.28. The van der Waals surface area contributed by atoms with E-state index in [4.69, 9.17) is 12.2 Å². The molecule has 2 aromatic heterocycles. The van der Waals surface area contributed by atoms with Gasteiger partial charge < -0.3 is 19.7 Å². The Morgan fingerprint density at radius 2 is 1.85 bits per heavy atom. The maximum Gasteiger partial charge on any atom is 0.170 e. The molecule has 0 unspecified atom stereocenters. The Kier molecular flexibility index (Phi) is 7.15. The number of aromatic nitrogens is 2. The van der Waals surface area contributed by atoms with Crippen molar-refractivity contribution in [3.05, 3.63) is 82.9 Å². The minimum absolute atomic E-state index is 0.0227. The highest BCUT2D eigenvalue weighted by atomic mass is 32.1. The van der Waals surface area contributed by atoms with Crippen molar-refractivity contribution in [2.75, 3.05) is 27.2 Å². The lowest BCUT2D eigenvalue weighted by molar-refractivity contribution is 0.292. The monoisotopic (exact) mass is 461 g/mol. The van der Waals surface area contributed by atoms with Gasteiger partial charge in [0.25, 0.3) is 0 Å². The largest absolute Gasteiger partial charge is 0.352 e. The van der Waals surface area contributed by atoms with E-state index in [1.54, 1.807) is 0 Å². The summed E-state index contributed by atoms with van der Waals surface area (Å²) in [5, 5.41) is 4.40. The highest BCUT2D eigenvalue weighted by molar-refractivity contribution is 7.80. The maximum atomic E-state index is 5.84. The molecule has 1 aliphatic heterocycles. The van der Waals surface area contributed by atoms with E-state index in [1.807, 2.05) is 12.3 Å². The molecule has 0 aliphatic carbocycles. The molecule has 1 N–H and O–H groups in total. The number of benzene rings is 1. The van der Waals surface area contributed by atoms with Gasteiger partial charge in [0.1, 0.15) is 0 Å². The predicted molar refractivity (Wildman–Crippen MR) is 140 cm³/mol. The van der Waals surface area contributed by atoms with Crippen LogP contribution in [0.15, 0.2) is 54.7 Å². The van der Waals surface area contributed by atoms with E-state index in [0.29, 0.717) is 0 Å². The molecule has 1 saturated heterocycles. The fourth-order valence-corrected chi connectivity index (χ4v) is 5.24. The molecule has 4 rings (SSSR count). The second kappa shape index (κ2) is 10.1. The SMILES string of the molecule is CCc1ccc(-n2c(C)cc([C@H]3[C@@H](c4ccccn4)NC(=S)N3CCCN(C)C)c2C)cc1. The smallest absolute Gasteiger partial charge is 0.170 e. The van der Waals surface area contributed by atoms with E-state index >= 15 is 0 Å². The molecule has 5 nitrogen and oxygen atoms in total. The Morgan fingerprint density at radius 3 is 2.48 bits per heavy atom. The Balaban J connectivity index is 1.75. The normalized spacial score (nSPS) is 18.2. The van der Waals surface area contributed by atoms with Gasteiger partial charge in [-0.3, -0.25) is 4.98 Å². The molecule has 6 heteroatoms. The van der Waals surface area contributed by atoms with Crippen LogP contribution in [-0.2, 0) is 6.42 Å². The van der Waals surface area contributed by atoms with Crippen molar-refractivity contribution in [2.24, 2.45) is 0 Å². The standard InChI is InChI=1S/C27H35N5S/c1-6-21-11-13-22(14-12-21)32-19(2)18-23(20(32)3)26-25(24-10-7-8-15-28-24)29-27(33)31(26)17-9-16-30(4)5/h7-8,10-15,18,25-26H,6,9,16-17H2,1-5H3,(H,29,33)/t25-,26+/m1/s1. The molecule has 3 aromatic rings. The average molecular weight is 462 g/mol. The van der Waals surface area contributed by atoms with Crippen LogP contribution >= 0.6 is 12.2 Å². The van der Waals surface area contributed by atoms with E-state index in [1.165, 1.54) is 28.2 Å². The van der Waals surface area contributed by atoms with Gasteiger partial charge in [0.2, 0.25) is 0 Å². The van der Waals surface area contributed by atoms with Crippen molar-refractivity contribution in [2.45, 2.75) is 45.7 Å². The van der Waals surface area contributed by atoms with Crippen LogP contribution in [0, 0.1) is 13.8 Å². The molecule has 174 valence electrons. The van der Waals surface area contributed by atoms with E-state index in [-0.39, 0.29) is 12.1 Å². The quantitative estimate of drug-likeness (QED) is 0.479. The lowest BCUT2D eigenvalue weighted by atomic mass is 9.96. The van der Waals surface area contributed by atoms with Crippen molar-refractivity contribution in [1.82, 2.24) is 24.7 Å². The molecule has 2 atom stereocenters. The van der Waals surface area contributed by atoms with Crippen LogP contribution in [0.2, 0.25) is 0 Å². The summed E-state index contributed by atoms with van der Waals surface area (Å²) >= 11 is 5.84. The number of nitrogens with zero attached hydrogens (tertiary/aromatic N) is 4. The first-order valence-corrected chi connectivity index (χ1v) is 12.2. The molecule has 0 bridgehead atoms. The van der Waals surface area contributed by atoms with Gasteiger partial charge in [0.05, 0.1) is 17.8 Å². The first-order valence-electron chi connectivity index (χ1n) is 11.8. The Bertz CT molecular complexity index is 1090. The van der Waals surface area contributed by atoms with Crippen LogP contribution in [0.5, 0.6) is 0 Å². The van der Waals surface area contributed by atoms with Gasteiger partial charge in [-0.15, -0.1) is 0 Å². The summed E-state index contributed by atoms with van der Waals surface area (Å²) in [6.45, 7) is 8.55. The van der Waals surface area contributed by atoms with E-state index in [9.17, 15) is 0 Å². The molecule has 1 aliphatic rings. The van der Waals surface area contributed by atoms with Crippen LogP contribution in [0.1, 0.15) is 53.6 Å². The topological polar surface area (TPSA) is 36.3 Å². The first-order chi connectivity index (χ1) is 15.9. The molecule has 1 aromatic carbocycles. The van der Waals surface area contributed by atoms with Crippen LogP contribution < -0.4 is 5.32 Å². The molecule has 0 radical (unpaired) electrons. The number of nitrogens with one attached hydrogen (secondary N) is 1. The van der Waals surface area contributed by atoms with Gasteiger partial charge in [0.15, 0.2) is 5.11 Å². The zero-order valence-corrected chi connectivity index (χ0v) is 21.2. The number of aryl methyl sites for hydroxylation is 2. The van der Waals surface area contributed by atoms with E-state index < -0.39 is 0 Å². The molecule has 3 heterocycles. The van der Waals surface area contributed by atoms with Crippen LogP contribution in [0.4, 0.5) is 0 Å². The Morgan fingerprint density at radius 1 is 1.09 bits per heavy atom. The molecule has 0 saturated carbocycles. The predicted octanol–water partition coefficient (Wildman–Crippen LogP) is 4.98. The number of hydrogen-bond acceptors (Lipinski definition) is 3. The second-order valence-electron chi connectivity index (χ2n) is 9.16. The maximum absolute atomic E-state index is 5.84. The van der Waals surface area contributed by atoms with E-state index in [0.717, 1.165) is 36.7 Å². The summed E-state index contributed by atoms with van der Waals surface area (Å²) < 4.78 is 2.36. The van der Waals surface area contributed by atoms with Gasteiger partial charge in [-0.2, -0.15) is 0 Å². The summed E-state index contributed by atoms with van der Waals surface area (Å²) in [4.78, 5) is 9.28. The molecule has 33 heavy (non-hydrogen) atoms. The number of pyridine rings is 1. The third-order valence-corrected chi connectivity index (χ3v) is 6.95. The minimum Gasteiger partial charge on any atom is -0.352 e. The summed E-state index contributed by atoms with van der Waals surface area (Å²) in [5.74, 6) is 0. The summed E-state index contributed by atoms with van der Waals surface area (Å²) in [5.41, 5.74) is 7.38. The van der Waals surface area contributed by atoms with Crippen molar-refractivity contribution >= 4 is 17.3 Å². The van der Waals surface area contributed by atoms with Crippen molar-refractivity contribution in [3.63, 3.8) is 0 Å². The van der Waals surface area contributed by atoms with Crippen LogP contribution in [-0.4, -0.2) is 51.6 Å². The minimum atomic E-state index is 0.0227. The molecular formula is C27H35N5S. The highest BCUT2D eigenvalue weighted by Crippen LogP contribution is 2.41. The molecule has 0 spiro atoms. The van der Waals surface area contributed by atoms with Crippen LogP contribution in [0.3, 0.4) is 0 Å². The molecular weight excluding hydrogens is 426 g/mol. The third-order valence-electron chi connectivity index (χ3n) is 6.59. The zero-order valence-electron chi connectivity index (χ0n) is 20.4. The fraction of sp³-hybridized carbons (Fsp3) is 0.407. The number of thiocarbonyl (C=S) groups is 1. The van der Waals surface area contributed by atoms with Gasteiger partial charge in [0, 0.05) is 29.8 Å². The van der Waals surface area contributed by atoms with Crippen LogP contribution in [0.25, 0.3) is 5.69 Å². The molecule has 0 amide bonds.